The zero-order chi connectivity index (χ0) is 12.3. The van der Waals surface area contributed by atoms with Crippen LogP contribution in [-0.2, 0) is 18.2 Å². The van der Waals surface area contributed by atoms with E-state index < -0.39 is 0 Å². The van der Waals surface area contributed by atoms with Crippen molar-refractivity contribution in [2.75, 3.05) is 12.4 Å². The molecule has 0 saturated heterocycles. The average Bonchev–Trinajstić information content (AvgIpc) is 2.57. The Labute approximate surface area is 105 Å². The molecule has 0 atom stereocenters. The van der Waals surface area contributed by atoms with Gasteiger partial charge in [0.2, 0.25) is 0 Å². The number of aryl methyl sites for hydroxylation is 1. The first-order valence-corrected chi connectivity index (χ1v) is 6.31. The van der Waals surface area contributed by atoms with Gasteiger partial charge in [-0.2, -0.15) is 0 Å². The molecule has 90 valence electrons. The van der Waals surface area contributed by atoms with Crippen LogP contribution in [0.2, 0.25) is 0 Å². The van der Waals surface area contributed by atoms with E-state index in [2.05, 4.69) is 29.8 Å². The molecule has 1 aromatic heterocycles. The number of hydrogen-bond donors (Lipinski definition) is 0. The van der Waals surface area contributed by atoms with Gasteiger partial charge in [-0.25, -0.2) is 4.79 Å². The number of ether oxygens (including phenoxy) is 1. The Bertz CT molecular complexity index is 382. The second kappa shape index (κ2) is 5.04. The van der Waals surface area contributed by atoms with E-state index in [4.69, 9.17) is 4.74 Å². The van der Waals surface area contributed by atoms with Gasteiger partial charge in [-0.05, 0) is 23.5 Å². The van der Waals surface area contributed by atoms with Gasteiger partial charge in [-0.3, -0.25) is 0 Å². The van der Waals surface area contributed by atoms with Gasteiger partial charge in [-0.1, -0.05) is 29.8 Å². The second-order valence-corrected chi connectivity index (χ2v) is 5.37. The monoisotopic (exact) mass is 287 g/mol. The summed E-state index contributed by atoms with van der Waals surface area (Å²) in [5.74, 6) is -0.287. The molecular formula is C12H18BrNO2. The van der Waals surface area contributed by atoms with Gasteiger partial charge >= 0.3 is 5.97 Å². The highest BCUT2D eigenvalue weighted by molar-refractivity contribution is 9.09. The fourth-order valence-electron chi connectivity index (χ4n) is 1.64. The Hall–Kier alpha value is -0.770. The number of carbonyl (C=O) groups is 1. The van der Waals surface area contributed by atoms with Gasteiger partial charge in [0.15, 0.2) is 0 Å². The smallest absolute Gasteiger partial charge is 0.354 e. The van der Waals surface area contributed by atoms with Gasteiger partial charge in [0.05, 0.1) is 7.11 Å². The average molecular weight is 288 g/mol. The van der Waals surface area contributed by atoms with Crippen LogP contribution in [0.25, 0.3) is 0 Å². The molecule has 0 unspecified atom stereocenters. The van der Waals surface area contributed by atoms with Crippen molar-refractivity contribution in [2.24, 2.45) is 12.5 Å². The molecule has 0 aromatic carbocycles. The van der Waals surface area contributed by atoms with Gasteiger partial charge in [0.1, 0.15) is 5.69 Å². The van der Waals surface area contributed by atoms with Crippen LogP contribution in [0.3, 0.4) is 0 Å². The molecule has 1 aromatic rings. The van der Waals surface area contributed by atoms with Crippen molar-refractivity contribution >= 4 is 21.9 Å². The van der Waals surface area contributed by atoms with Crippen LogP contribution in [0.1, 0.15) is 29.9 Å². The maximum absolute atomic E-state index is 11.4. The molecule has 0 bridgehead atoms. The Morgan fingerprint density at radius 3 is 2.69 bits per heavy atom. The van der Waals surface area contributed by atoms with Crippen molar-refractivity contribution in [1.82, 2.24) is 4.57 Å². The lowest BCUT2D eigenvalue weighted by Crippen LogP contribution is -2.16. The summed E-state index contributed by atoms with van der Waals surface area (Å²) in [7, 11) is 3.26. The summed E-state index contributed by atoms with van der Waals surface area (Å²) >= 11 is 3.50. The molecule has 0 aliphatic carbocycles. The molecule has 1 heterocycles. The maximum Gasteiger partial charge on any atom is 0.354 e. The van der Waals surface area contributed by atoms with E-state index in [0.717, 1.165) is 17.3 Å². The number of rotatable bonds is 4. The number of halogens is 1. The Kier molecular flexibility index (Phi) is 4.19. The number of nitrogens with zero attached hydrogens (tertiary/aromatic N) is 1. The van der Waals surface area contributed by atoms with E-state index in [1.807, 2.05) is 23.9 Å². The Morgan fingerprint density at radius 1 is 1.56 bits per heavy atom. The zero-order valence-corrected chi connectivity index (χ0v) is 11.8. The van der Waals surface area contributed by atoms with E-state index in [-0.39, 0.29) is 11.4 Å². The first-order chi connectivity index (χ1) is 7.39. The van der Waals surface area contributed by atoms with Crippen molar-refractivity contribution in [2.45, 2.75) is 20.3 Å². The standard InChI is InChI=1S/C12H18BrNO2/c1-12(2,8-13)6-9-5-10(11(15)16-4)14(3)7-9/h5,7H,6,8H2,1-4H3. The lowest BCUT2D eigenvalue weighted by molar-refractivity contribution is 0.0590. The maximum atomic E-state index is 11.4. The van der Waals surface area contributed by atoms with Crippen LogP contribution in [0.15, 0.2) is 12.3 Å². The molecule has 0 amide bonds. The number of esters is 1. The SMILES string of the molecule is COC(=O)c1cc(CC(C)(C)CBr)cn1C. The molecule has 1 rings (SSSR count). The summed E-state index contributed by atoms with van der Waals surface area (Å²) < 4.78 is 6.53. The molecule has 0 aliphatic heterocycles. The van der Waals surface area contributed by atoms with E-state index >= 15 is 0 Å². The summed E-state index contributed by atoms with van der Waals surface area (Å²) in [5.41, 5.74) is 1.95. The highest BCUT2D eigenvalue weighted by Crippen LogP contribution is 2.25. The van der Waals surface area contributed by atoms with Crippen molar-refractivity contribution in [3.05, 3.63) is 23.5 Å². The largest absolute Gasteiger partial charge is 0.464 e. The van der Waals surface area contributed by atoms with Crippen LogP contribution in [0, 0.1) is 5.41 Å². The molecule has 0 spiro atoms. The third-order valence-corrected chi connectivity index (χ3v) is 4.02. The number of aromatic nitrogens is 1. The summed E-state index contributed by atoms with van der Waals surface area (Å²) in [6.07, 6.45) is 2.92. The second-order valence-electron chi connectivity index (χ2n) is 4.81. The fourth-order valence-corrected chi connectivity index (χ4v) is 1.84. The molecule has 0 N–H and O–H groups in total. The molecule has 0 saturated carbocycles. The van der Waals surface area contributed by atoms with Crippen LogP contribution < -0.4 is 0 Å². The van der Waals surface area contributed by atoms with Gasteiger partial charge in [0, 0.05) is 18.6 Å². The van der Waals surface area contributed by atoms with Gasteiger partial charge in [-0.15, -0.1) is 0 Å². The number of hydrogen-bond acceptors (Lipinski definition) is 2. The van der Waals surface area contributed by atoms with Crippen LogP contribution in [-0.4, -0.2) is 23.0 Å². The normalized spacial score (nSPS) is 11.6. The lowest BCUT2D eigenvalue weighted by atomic mass is 9.89. The lowest BCUT2D eigenvalue weighted by Gasteiger charge is -2.20. The third-order valence-electron chi connectivity index (χ3n) is 2.50. The van der Waals surface area contributed by atoms with E-state index in [0.29, 0.717) is 5.69 Å². The molecule has 3 nitrogen and oxygen atoms in total. The quantitative estimate of drug-likeness (QED) is 0.630. The first-order valence-electron chi connectivity index (χ1n) is 5.19. The number of alkyl halides is 1. The zero-order valence-electron chi connectivity index (χ0n) is 10.2. The number of methoxy groups -OCH3 is 1. The van der Waals surface area contributed by atoms with E-state index in [9.17, 15) is 4.79 Å². The van der Waals surface area contributed by atoms with Crippen molar-refractivity contribution in [1.29, 1.82) is 0 Å². The first kappa shape index (κ1) is 13.3. The van der Waals surface area contributed by atoms with E-state index in [1.165, 1.54) is 7.11 Å². The third kappa shape index (κ3) is 3.11. The molecule has 0 aliphatic rings. The highest BCUT2D eigenvalue weighted by atomic mass is 79.9. The highest BCUT2D eigenvalue weighted by Gasteiger charge is 2.19. The minimum Gasteiger partial charge on any atom is -0.464 e. The van der Waals surface area contributed by atoms with E-state index in [1.54, 1.807) is 0 Å². The van der Waals surface area contributed by atoms with Gasteiger partial charge < -0.3 is 9.30 Å². The summed E-state index contributed by atoms with van der Waals surface area (Å²) in [4.78, 5) is 11.4. The van der Waals surface area contributed by atoms with Crippen molar-refractivity contribution < 1.29 is 9.53 Å². The van der Waals surface area contributed by atoms with Crippen molar-refractivity contribution in [3.8, 4) is 0 Å². The van der Waals surface area contributed by atoms with Gasteiger partial charge in [0.25, 0.3) is 0 Å². The van der Waals surface area contributed by atoms with Crippen LogP contribution >= 0.6 is 15.9 Å². The fraction of sp³-hybridized carbons (Fsp3) is 0.583. The minimum atomic E-state index is -0.287. The minimum absolute atomic E-state index is 0.189. The summed E-state index contributed by atoms with van der Waals surface area (Å²) in [6.45, 7) is 4.37. The molecule has 0 radical (unpaired) electrons. The molecule has 0 fully saturated rings. The Morgan fingerprint density at radius 2 is 2.19 bits per heavy atom. The Balaban J connectivity index is 2.89. The van der Waals surface area contributed by atoms with Crippen LogP contribution in [0.4, 0.5) is 0 Å². The predicted molar refractivity (Wildman–Crippen MR) is 68.0 cm³/mol. The topological polar surface area (TPSA) is 31.2 Å². The predicted octanol–water partition coefficient (Wildman–Crippen LogP) is 2.78. The number of carbonyl (C=O) groups excluding carboxylic acids is 1. The van der Waals surface area contributed by atoms with Crippen LogP contribution in [0.5, 0.6) is 0 Å². The molecule has 4 heteroatoms. The summed E-state index contributed by atoms with van der Waals surface area (Å²) in [6, 6.07) is 1.90. The molecule has 16 heavy (non-hydrogen) atoms. The molecular weight excluding hydrogens is 270 g/mol. The summed E-state index contributed by atoms with van der Waals surface area (Å²) in [5, 5.41) is 0.933. The van der Waals surface area contributed by atoms with Crippen molar-refractivity contribution in [3.63, 3.8) is 0 Å².